The van der Waals surface area contributed by atoms with E-state index in [1.807, 2.05) is 6.92 Å². The van der Waals surface area contributed by atoms with Crippen LogP contribution >= 0.6 is 0 Å². The lowest BCUT2D eigenvalue weighted by atomic mass is 9.35. The fourth-order valence-corrected chi connectivity index (χ4v) is 16.0. The second kappa shape index (κ2) is 22.9. The first-order chi connectivity index (χ1) is 35.5. The summed E-state index contributed by atoms with van der Waals surface area (Å²) >= 11 is 0. The van der Waals surface area contributed by atoms with Crippen molar-refractivity contribution in [2.45, 2.75) is 247 Å². The number of hydrogen-bond acceptors (Lipinski definition) is 23. The Morgan fingerprint density at radius 3 is 1.82 bits per heavy atom. The minimum Gasteiger partial charge on any atom is -0.394 e. The van der Waals surface area contributed by atoms with Gasteiger partial charge in [0.15, 0.2) is 25.2 Å². The largest absolute Gasteiger partial charge is 0.394 e. The third-order valence-electron chi connectivity index (χ3n) is 20.8. The highest BCUT2D eigenvalue weighted by Gasteiger charge is 2.72. The van der Waals surface area contributed by atoms with Crippen molar-refractivity contribution in [3.05, 3.63) is 12.2 Å². The molecule has 4 aliphatic heterocycles. The van der Waals surface area contributed by atoms with Crippen molar-refractivity contribution < 1.29 is 114 Å². The van der Waals surface area contributed by atoms with Crippen molar-refractivity contribution in [2.24, 2.45) is 45.3 Å². The third kappa shape index (κ3) is 10.5. The van der Waals surface area contributed by atoms with Crippen LogP contribution in [0.3, 0.4) is 0 Å². The average Bonchev–Trinajstić information content (AvgIpc) is 3.76. The second-order valence-corrected chi connectivity index (χ2v) is 25.4. The van der Waals surface area contributed by atoms with E-state index < -0.39 is 171 Å². The highest BCUT2D eigenvalue weighted by molar-refractivity contribution is 5.20. The van der Waals surface area contributed by atoms with E-state index >= 15 is 0 Å². The predicted octanol–water partition coefficient (Wildman–Crippen LogP) is -2.59. The molecule has 0 aromatic carbocycles. The van der Waals surface area contributed by atoms with Crippen LogP contribution in [0.4, 0.5) is 0 Å². The van der Waals surface area contributed by atoms with E-state index in [0.29, 0.717) is 37.7 Å². The summed E-state index contributed by atoms with van der Waals surface area (Å²) in [6.07, 6.45) is -27.3. The number of aliphatic hydroxyl groups excluding tert-OH is 15. The maximum atomic E-state index is 12.8. The molecule has 4 aliphatic carbocycles. The molecule has 4 saturated heterocycles. The fraction of sp³-hybridized carbons (Fsp3) is 0.962. The molecular weight excluding hydrogens is 1000 g/mol. The molecule has 8 fully saturated rings. The first-order valence-corrected chi connectivity index (χ1v) is 27.4. The normalized spacial score (nSPS) is 52.7. The van der Waals surface area contributed by atoms with Crippen LogP contribution in [-0.4, -0.2) is 244 Å². The third-order valence-corrected chi connectivity index (χ3v) is 20.8. The Bertz CT molecular complexity index is 1970. The zero-order chi connectivity index (χ0) is 55.9. The Morgan fingerprint density at radius 2 is 1.18 bits per heavy atom. The molecule has 23 nitrogen and oxygen atoms in total. The molecule has 76 heavy (non-hydrogen) atoms. The average molecular weight is 1100 g/mol. The predicted molar refractivity (Wildman–Crippen MR) is 262 cm³/mol. The molecule has 0 spiro atoms. The summed E-state index contributed by atoms with van der Waals surface area (Å²) in [7, 11) is 0. The SMILES string of the molecule is C=C(C)[C@@H](O)CC[C@](C)(O[C@@H]1O[C@H](CO[C@@H]2OC[C@H](O)[C@H](O)[C@H]2O)[C@@H](O)[C@H](O)[C@H]1O)[C@H]1CC[C@]2(C)[C@@H]1[C@H](O)C[C@@H]1[C@@]3(C)CC[C@H](O[C@@H]4O[C@H](CO)[C@@H](O)[C@H](O)[C@H]4O[C@@H]4O[C@H](CO)[C@@H](O)[C@H](O)[C@H]4O)C(C)(C)[C@@H]3CC[C@]12C. The van der Waals surface area contributed by atoms with Crippen LogP contribution in [0.5, 0.6) is 0 Å². The fourth-order valence-electron chi connectivity index (χ4n) is 16.0. The van der Waals surface area contributed by atoms with Gasteiger partial charge in [-0.15, -0.1) is 0 Å². The van der Waals surface area contributed by atoms with Gasteiger partial charge in [0, 0.05) is 0 Å². The van der Waals surface area contributed by atoms with Crippen LogP contribution in [0.2, 0.25) is 0 Å². The molecule has 0 aromatic rings. The summed E-state index contributed by atoms with van der Waals surface area (Å²) in [5, 5.41) is 162. The van der Waals surface area contributed by atoms with E-state index in [4.69, 9.17) is 37.9 Å². The van der Waals surface area contributed by atoms with E-state index in [1.165, 1.54) is 0 Å². The molecule has 4 saturated carbocycles. The van der Waals surface area contributed by atoms with Crippen molar-refractivity contribution in [2.75, 3.05) is 26.4 Å². The number of ether oxygens (including phenoxy) is 8. The Hall–Kier alpha value is -1.18. The number of rotatable bonds is 16. The number of fused-ring (bicyclic) bond motifs is 5. The summed E-state index contributed by atoms with van der Waals surface area (Å²) < 4.78 is 48.6. The molecule has 0 unspecified atom stereocenters. The standard InChI is InChI=1S/C53H90O23/c1-22(2)24(56)10-16-53(8,76-47-43(68)39(64)37(62)29(73-47)21-70-45-41(66)34(59)26(58)20-69-45)23-9-14-52(7)33(23)25(57)17-31-50(5)13-12-32(49(3,4)30(50)11-15-51(31,52)6)74-48-44(40(65)36(61)28(19-55)72-48)75-46-42(67)38(63)35(60)27(18-54)71-46/h23-48,54-68H,1,9-21H2,2-8H3/t23-,24-,25+,26-,27+,28+,29+,30-,31+,32-,33-,34-,35+,36+,37+,38-,39-,40-,41+,42+,43+,44+,45-,46-,47-,48-,50-,51+,52+,53-/m0/s1. The van der Waals surface area contributed by atoms with Crippen LogP contribution in [0.25, 0.3) is 0 Å². The van der Waals surface area contributed by atoms with Gasteiger partial charge in [0.2, 0.25) is 0 Å². The Kier molecular flexibility index (Phi) is 18.3. The van der Waals surface area contributed by atoms with Gasteiger partial charge >= 0.3 is 0 Å². The summed E-state index contributed by atoms with van der Waals surface area (Å²) in [5.41, 5.74) is -2.42. The molecule has 0 aromatic heterocycles. The molecule has 4 heterocycles. The van der Waals surface area contributed by atoms with Crippen LogP contribution in [0.15, 0.2) is 12.2 Å². The van der Waals surface area contributed by atoms with Crippen molar-refractivity contribution in [3.63, 3.8) is 0 Å². The Morgan fingerprint density at radius 1 is 0.618 bits per heavy atom. The summed E-state index contributed by atoms with van der Waals surface area (Å²) in [5.74, 6) is -0.690. The van der Waals surface area contributed by atoms with E-state index in [0.717, 1.165) is 12.8 Å². The number of hydrogen-bond donors (Lipinski definition) is 15. The first-order valence-electron chi connectivity index (χ1n) is 27.4. The Balaban J connectivity index is 1.02. The lowest BCUT2D eigenvalue weighted by Crippen LogP contribution is -2.68. The molecule has 440 valence electrons. The zero-order valence-electron chi connectivity index (χ0n) is 44.9. The van der Waals surface area contributed by atoms with Crippen LogP contribution in [0, 0.1) is 45.3 Å². The van der Waals surface area contributed by atoms with Crippen molar-refractivity contribution >= 4 is 0 Å². The molecule has 0 amide bonds. The molecule has 0 bridgehead atoms. The van der Waals surface area contributed by atoms with Crippen molar-refractivity contribution in [1.82, 2.24) is 0 Å². The molecule has 30 atom stereocenters. The zero-order valence-corrected chi connectivity index (χ0v) is 44.9. The van der Waals surface area contributed by atoms with Crippen molar-refractivity contribution in [3.8, 4) is 0 Å². The highest BCUT2D eigenvalue weighted by atomic mass is 16.8. The minimum atomic E-state index is -1.82. The van der Waals surface area contributed by atoms with Gasteiger partial charge in [-0.25, -0.2) is 0 Å². The summed E-state index contributed by atoms with van der Waals surface area (Å²) in [6.45, 7) is 16.4. The highest BCUT2D eigenvalue weighted by Crippen LogP contribution is 2.76. The summed E-state index contributed by atoms with van der Waals surface area (Å²) in [4.78, 5) is 0. The molecule has 8 aliphatic rings. The lowest BCUT2D eigenvalue weighted by molar-refractivity contribution is -0.378. The van der Waals surface area contributed by atoms with Gasteiger partial charge < -0.3 is 114 Å². The van der Waals surface area contributed by atoms with E-state index in [2.05, 4.69) is 41.2 Å². The van der Waals surface area contributed by atoms with Crippen molar-refractivity contribution in [1.29, 1.82) is 0 Å². The van der Waals surface area contributed by atoms with Gasteiger partial charge in [-0.1, -0.05) is 46.8 Å². The topological polar surface area (TPSA) is 377 Å². The molecule has 0 radical (unpaired) electrons. The van der Waals surface area contributed by atoms with Gasteiger partial charge in [-0.2, -0.15) is 0 Å². The van der Waals surface area contributed by atoms with Crippen LogP contribution in [-0.2, 0) is 37.9 Å². The van der Waals surface area contributed by atoms with Gasteiger partial charge in [0.1, 0.15) is 91.6 Å². The van der Waals surface area contributed by atoms with E-state index in [1.54, 1.807) is 6.92 Å². The number of aliphatic hydroxyl groups is 15. The van der Waals surface area contributed by atoms with Gasteiger partial charge in [0.25, 0.3) is 0 Å². The van der Waals surface area contributed by atoms with Gasteiger partial charge in [-0.05, 0) is 117 Å². The van der Waals surface area contributed by atoms with E-state index in [-0.39, 0.29) is 54.0 Å². The van der Waals surface area contributed by atoms with Crippen LogP contribution < -0.4 is 0 Å². The molecular formula is C53H90O23. The monoisotopic (exact) mass is 1090 g/mol. The maximum absolute atomic E-state index is 12.8. The quantitative estimate of drug-likeness (QED) is 0.0557. The van der Waals surface area contributed by atoms with Crippen LogP contribution in [0.1, 0.15) is 106 Å². The first kappa shape index (κ1) is 60.9. The maximum Gasteiger partial charge on any atom is 0.187 e. The molecule has 15 N–H and O–H groups in total. The molecule has 8 rings (SSSR count). The second-order valence-electron chi connectivity index (χ2n) is 25.4. The minimum absolute atomic E-state index is 0.00672. The lowest BCUT2D eigenvalue weighted by Gasteiger charge is -2.71. The molecule has 23 heteroatoms. The van der Waals surface area contributed by atoms with E-state index in [9.17, 15) is 76.6 Å². The Labute approximate surface area is 444 Å². The van der Waals surface area contributed by atoms with Gasteiger partial charge in [-0.3, -0.25) is 0 Å². The van der Waals surface area contributed by atoms with Gasteiger partial charge in [0.05, 0.1) is 50.3 Å². The summed E-state index contributed by atoms with van der Waals surface area (Å²) in [6, 6.07) is 0. The smallest absolute Gasteiger partial charge is 0.187 e.